The molecule has 0 atom stereocenters. The fourth-order valence-corrected chi connectivity index (χ4v) is 4.58. The van der Waals surface area contributed by atoms with E-state index in [0.29, 0.717) is 4.88 Å². The summed E-state index contributed by atoms with van der Waals surface area (Å²) in [5, 5.41) is 1.02. The van der Waals surface area contributed by atoms with E-state index in [9.17, 15) is 4.79 Å². The Labute approximate surface area is 159 Å². The molecule has 0 radical (unpaired) electrons. The summed E-state index contributed by atoms with van der Waals surface area (Å²) in [6, 6.07) is 21.9. The monoisotopic (exact) mass is 369 g/mol. The summed E-state index contributed by atoms with van der Waals surface area (Å²) in [5.74, 6) is -0.406. The van der Waals surface area contributed by atoms with Crippen LogP contribution in [0.25, 0.3) is 38.1 Å². The number of aromatic nitrogens is 2. The van der Waals surface area contributed by atoms with Crippen molar-refractivity contribution in [3.63, 3.8) is 0 Å². The van der Waals surface area contributed by atoms with Crippen LogP contribution in [0.3, 0.4) is 0 Å². The Balaban J connectivity index is 1.87. The molecule has 2 aromatic carbocycles. The minimum absolute atomic E-state index is 0.406. The topological polar surface area (TPSA) is 60.4 Å². The lowest BCUT2D eigenvalue weighted by Crippen LogP contribution is -2.09. The van der Waals surface area contributed by atoms with Gasteiger partial charge in [0.1, 0.15) is 10.5 Å². The summed E-state index contributed by atoms with van der Waals surface area (Å²) < 4.78 is 3.02. The molecule has 2 N–H and O–H groups in total. The van der Waals surface area contributed by atoms with E-state index in [0.717, 1.165) is 38.1 Å². The second kappa shape index (κ2) is 6.07. The molecule has 5 heteroatoms. The number of nitrogens with zero attached hydrogens (tertiary/aromatic N) is 2. The highest BCUT2D eigenvalue weighted by Gasteiger charge is 2.21. The largest absolute Gasteiger partial charge is 0.365 e. The van der Waals surface area contributed by atoms with E-state index in [1.807, 2.05) is 83.5 Å². The van der Waals surface area contributed by atoms with Crippen LogP contribution in [0.2, 0.25) is 0 Å². The average molecular weight is 369 g/mol. The van der Waals surface area contributed by atoms with Crippen LogP contribution in [0.1, 0.15) is 9.67 Å². The van der Waals surface area contributed by atoms with Crippen molar-refractivity contribution in [3.05, 3.63) is 84.0 Å². The van der Waals surface area contributed by atoms with E-state index in [-0.39, 0.29) is 0 Å². The normalized spacial score (nSPS) is 11.3. The van der Waals surface area contributed by atoms with Gasteiger partial charge in [-0.05, 0) is 23.8 Å². The first-order chi connectivity index (χ1) is 13.2. The maximum Gasteiger partial charge on any atom is 0.259 e. The van der Waals surface area contributed by atoms with E-state index in [1.54, 1.807) is 0 Å². The summed E-state index contributed by atoms with van der Waals surface area (Å²) in [7, 11) is 0. The zero-order chi connectivity index (χ0) is 18.4. The van der Waals surface area contributed by atoms with Crippen LogP contribution in [0, 0.1) is 0 Å². The van der Waals surface area contributed by atoms with Crippen molar-refractivity contribution < 1.29 is 4.79 Å². The molecule has 3 aromatic heterocycles. The van der Waals surface area contributed by atoms with Crippen LogP contribution < -0.4 is 5.73 Å². The molecule has 1 amide bonds. The molecule has 27 heavy (non-hydrogen) atoms. The summed E-state index contributed by atoms with van der Waals surface area (Å²) in [6.07, 6.45) is 3.99. The predicted molar refractivity (Wildman–Crippen MR) is 110 cm³/mol. The van der Waals surface area contributed by atoms with Crippen molar-refractivity contribution in [2.24, 2.45) is 5.73 Å². The van der Waals surface area contributed by atoms with E-state index in [1.165, 1.54) is 11.3 Å². The second-order valence-electron chi connectivity index (χ2n) is 6.31. The van der Waals surface area contributed by atoms with Gasteiger partial charge in [-0.25, -0.2) is 4.98 Å². The minimum atomic E-state index is -0.406. The van der Waals surface area contributed by atoms with Gasteiger partial charge in [-0.15, -0.1) is 11.3 Å². The maximum atomic E-state index is 12.2. The van der Waals surface area contributed by atoms with Crippen LogP contribution >= 0.6 is 11.3 Å². The molecular formula is C22H15N3OS. The molecule has 5 rings (SSSR count). The standard InChI is InChI=1S/C22H15N3OS/c23-22(26)21-19(14-7-2-1-3-8-14)20-15(9-6-10-17(20)27-21)16-13-25-12-5-4-11-18(25)24-16/h1-13H,(H2,23,26). The van der Waals surface area contributed by atoms with Gasteiger partial charge in [-0.3, -0.25) is 4.79 Å². The van der Waals surface area contributed by atoms with Crippen molar-refractivity contribution in [2.75, 3.05) is 0 Å². The highest BCUT2D eigenvalue weighted by Crippen LogP contribution is 2.43. The number of benzene rings is 2. The Bertz CT molecular complexity index is 1270. The highest BCUT2D eigenvalue weighted by atomic mass is 32.1. The molecule has 3 heterocycles. The average Bonchev–Trinajstić information content (AvgIpc) is 3.30. The van der Waals surface area contributed by atoms with Crippen molar-refractivity contribution in [2.45, 2.75) is 0 Å². The number of pyridine rings is 1. The van der Waals surface area contributed by atoms with Crippen molar-refractivity contribution in [3.8, 4) is 22.4 Å². The quantitative estimate of drug-likeness (QED) is 0.487. The van der Waals surface area contributed by atoms with Gasteiger partial charge in [-0.2, -0.15) is 0 Å². The SMILES string of the molecule is NC(=O)c1sc2cccc(-c3cn4ccccc4n3)c2c1-c1ccccc1. The number of thiophene rings is 1. The molecule has 0 aliphatic heterocycles. The Kier molecular flexibility index (Phi) is 3.55. The molecule has 0 aliphatic carbocycles. The van der Waals surface area contributed by atoms with Gasteiger partial charge < -0.3 is 10.1 Å². The first-order valence-electron chi connectivity index (χ1n) is 8.57. The third kappa shape index (κ3) is 2.52. The number of rotatable bonds is 3. The lowest BCUT2D eigenvalue weighted by molar-refractivity contribution is 0.100. The van der Waals surface area contributed by atoms with Crippen LogP contribution in [-0.2, 0) is 0 Å². The molecule has 5 aromatic rings. The third-order valence-corrected chi connectivity index (χ3v) is 5.81. The molecule has 0 bridgehead atoms. The van der Waals surface area contributed by atoms with Gasteiger partial charge in [-0.1, -0.05) is 48.5 Å². The summed E-state index contributed by atoms with van der Waals surface area (Å²) >= 11 is 1.43. The van der Waals surface area contributed by atoms with Crippen LogP contribution in [0.15, 0.2) is 79.1 Å². The van der Waals surface area contributed by atoms with Crippen molar-refractivity contribution in [1.82, 2.24) is 9.38 Å². The number of carbonyl (C=O) groups is 1. The van der Waals surface area contributed by atoms with Gasteiger partial charge in [0.05, 0.1) is 5.69 Å². The Morgan fingerprint density at radius 3 is 2.56 bits per heavy atom. The van der Waals surface area contributed by atoms with E-state index >= 15 is 0 Å². The van der Waals surface area contributed by atoms with Crippen molar-refractivity contribution in [1.29, 1.82) is 0 Å². The molecule has 4 nitrogen and oxygen atoms in total. The van der Waals surface area contributed by atoms with Crippen LogP contribution in [0.5, 0.6) is 0 Å². The van der Waals surface area contributed by atoms with Gasteiger partial charge in [0.25, 0.3) is 5.91 Å². The van der Waals surface area contributed by atoms with E-state index < -0.39 is 5.91 Å². The first-order valence-corrected chi connectivity index (χ1v) is 9.39. The number of hydrogen-bond acceptors (Lipinski definition) is 3. The van der Waals surface area contributed by atoms with E-state index in [4.69, 9.17) is 10.7 Å². The molecule has 0 unspecified atom stereocenters. The molecule has 130 valence electrons. The summed E-state index contributed by atoms with van der Waals surface area (Å²) in [5.41, 5.74) is 10.3. The number of amides is 1. The number of nitrogens with two attached hydrogens (primary N) is 1. The third-order valence-electron chi connectivity index (χ3n) is 4.64. The second-order valence-corrected chi connectivity index (χ2v) is 7.36. The number of imidazole rings is 1. The number of hydrogen-bond donors (Lipinski definition) is 1. The lowest BCUT2D eigenvalue weighted by atomic mass is 9.97. The smallest absolute Gasteiger partial charge is 0.259 e. The van der Waals surface area contributed by atoms with Crippen LogP contribution in [-0.4, -0.2) is 15.3 Å². The zero-order valence-electron chi connectivity index (χ0n) is 14.3. The Morgan fingerprint density at radius 2 is 1.78 bits per heavy atom. The number of carbonyl (C=O) groups excluding carboxylic acids is 1. The first kappa shape index (κ1) is 15.8. The highest BCUT2D eigenvalue weighted by molar-refractivity contribution is 7.21. The van der Waals surface area contributed by atoms with Gasteiger partial charge in [0.2, 0.25) is 0 Å². The lowest BCUT2D eigenvalue weighted by Gasteiger charge is -2.06. The fourth-order valence-electron chi connectivity index (χ4n) is 3.48. The van der Waals surface area contributed by atoms with E-state index in [2.05, 4.69) is 0 Å². The summed E-state index contributed by atoms with van der Waals surface area (Å²) in [4.78, 5) is 17.5. The molecule has 0 fully saturated rings. The molecular weight excluding hydrogens is 354 g/mol. The van der Waals surface area contributed by atoms with Gasteiger partial charge in [0, 0.05) is 33.6 Å². The van der Waals surface area contributed by atoms with Crippen LogP contribution in [0.4, 0.5) is 0 Å². The molecule has 0 saturated carbocycles. The molecule has 0 spiro atoms. The van der Waals surface area contributed by atoms with Gasteiger partial charge in [0.15, 0.2) is 0 Å². The molecule has 0 aliphatic rings. The fraction of sp³-hybridized carbons (Fsp3) is 0. The number of fused-ring (bicyclic) bond motifs is 2. The van der Waals surface area contributed by atoms with Crippen molar-refractivity contribution >= 4 is 33.0 Å². The summed E-state index contributed by atoms with van der Waals surface area (Å²) in [6.45, 7) is 0. The predicted octanol–water partition coefficient (Wildman–Crippen LogP) is 4.98. The molecule has 0 saturated heterocycles. The van der Waals surface area contributed by atoms with Gasteiger partial charge >= 0.3 is 0 Å². The minimum Gasteiger partial charge on any atom is -0.365 e. The Morgan fingerprint density at radius 1 is 0.963 bits per heavy atom. The zero-order valence-corrected chi connectivity index (χ0v) is 15.1. The Hall–Kier alpha value is -3.44. The maximum absolute atomic E-state index is 12.2. The number of primary amides is 1.